The third kappa shape index (κ3) is 50.0. The van der Waals surface area contributed by atoms with Gasteiger partial charge < -0.3 is 20.4 Å². The van der Waals surface area contributed by atoms with E-state index in [9.17, 15) is 19.2 Å². The molecule has 0 bridgehead atoms. The Bertz CT molecular complexity index is 261. The molecule has 0 spiro atoms. The molecule has 0 amide bonds. The summed E-state index contributed by atoms with van der Waals surface area (Å²) < 4.78 is 0. The molecule has 1 saturated carbocycles. The summed E-state index contributed by atoms with van der Waals surface area (Å²) >= 11 is 0. The smallest absolute Gasteiger partial charge is 0.310 e. The number of carbonyl (C=O) groups excluding carboxylic acids is 2. The van der Waals surface area contributed by atoms with Gasteiger partial charge in [0.1, 0.15) is 24.4 Å². The molecule has 4 N–H and O–H groups in total. The van der Waals surface area contributed by atoms with Crippen molar-refractivity contribution in [1.82, 2.24) is 0 Å². The standard InChI is InChI=1S/C6H12.2C4H6O3.2CH4O/c1-2-4-6-5-3-1;2*1-3(5)2-4(6)7;2*1-2/h1-6H2;2*2H2,1H3,(H,6,7);2*2H,1H3. The van der Waals surface area contributed by atoms with E-state index in [0.717, 1.165) is 14.2 Å². The van der Waals surface area contributed by atoms with Gasteiger partial charge in [0, 0.05) is 14.2 Å². The van der Waals surface area contributed by atoms with E-state index < -0.39 is 11.9 Å². The van der Waals surface area contributed by atoms with Crippen molar-refractivity contribution in [2.75, 3.05) is 14.2 Å². The van der Waals surface area contributed by atoms with Crippen LogP contribution in [0.3, 0.4) is 0 Å². The fourth-order valence-electron chi connectivity index (χ4n) is 1.49. The highest BCUT2D eigenvalue weighted by molar-refractivity contribution is 5.93. The Hall–Kier alpha value is -1.80. The van der Waals surface area contributed by atoms with E-state index in [1.54, 1.807) is 0 Å². The lowest BCUT2D eigenvalue weighted by Crippen LogP contribution is -2.00. The molecule has 1 rings (SSSR count). The van der Waals surface area contributed by atoms with Crippen LogP contribution in [0.1, 0.15) is 65.2 Å². The van der Waals surface area contributed by atoms with Gasteiger partial charge >= 0.3 is 11.9 Å². The summed E-state index contributed by atoms with van der Waals surface area (Å²) in [5.74, 6) is -2.75. The lowest BCUT2D eigenvalue weighted by molar-refractivity contribution is -0.141. The van der Waals surface area contributed by atoms with Crippen LogP contribution in [0, 0.1) is 0 Å². The highest BCUT2D eigenvalue weighted by atomic mass is 16.4. The van der Waals surface area contributed by atoms with Crippen LogP contribution in [0.2, 0.25) is 0 Å². The first-order valence-electron chi connectivity index (χ1n) is 7.57. The second-order valence-corrected chi connectivity index (χ2v) is 4.67. The van der Waals surface area contributed by atoms with Crippen molar-refractivity contribution in [2.24, 2.45) is 0 Å². The third-order valence-electron chi connectivity index (χ3n) is 2.30. The minimum absolute atomic E-state index is 0.312. The number of hydrogen-bond donors (Lipinski definition) is 4. The molecule has 0 saturated heterocycles. The molecule has 0 unspecified atom stereocenters. The van der Waals surface area contributed by atoms with Gasteiger partial charge in [0.05, 0.1) is 0 Å². The molecule has 1 fully saturated rings. The fraction of sp³-hybridized carbons (Fsp3) is 0.750. The first kappa shape index (κ1) is 30.1. The van der Waals surface area contributed by atoms with Crippen LogP contribution in [-0.4, -0.2) is 58.2 Å². The molecule has 0 aliphatic heterocycles. The van der Waals surface area contributed by atoms with Crippen LogP contribution in [0.15, 0.2) is 0 Å². The molecule has 1 aliphatic rings. The second kappa shape index (κ2) is 26.1. The van der Waals surface area contributed by atoms with E-state index in [0.29, 0.717) is 0 Å². The van der Waals surface area contributed by atoms with Gasteiger partial charge in [0.2, 0.25) is 0 Å². The van der Waals surface area contributed by atoms with E-state index in [1.165, 1.54) is 52.4 Å². The predicted octanol–water partition coefficient (Wildman–Crippen LogP) is 1.66. The Kier molecular flexibility index (Phi) is 32.8. The van der Waals surface area contributed by atoms with Crippen LogP contribution < -0.4 is 0 Å². The van der Waals surface area contributed by atoms with Crippen LogP contribution in [0.25, 0.3) is 0 Å². The van der Waals surface area contributed by atoms with Crippen molar-refractivity contribution in [3.63, 3.8) is 0 Å². The van der Waals surface area contributed by atoms with Crippen molar-refractivity contribution in [3.05, 3.63) is 0 Å². The largest absolute Gasteiger partial charge is 0.481 e. The number of carboxylic acids is 2. The fourth-order valence-corrected chi connectivity index (χ4v) is 1.49. The topological polar surface area (TPSA) is 149 Å². The van der Waals surface area contributed by atoms with Gasteiger partial charge in [-0.25, -0.2) is 0 Å². The van der Waals surface area contributed by atoms with Crippen LogP contribution >= 0.6 is 0 Å². The van der Waals surface area contributed by atoms with Gasteiger partial charge in [-0.2, -0.15) is 0 Å². The molecule has 0 aromatic rings. The first-order chi connectivity index (χ1) is 11.3. The number of aliphatic hydroxyl groups excluding tert-OH is 2. The predicted molar refractivity (Wildman–Crippen MR) is 89.9 cm³/mol. The maximum atomic E-state index is 9.87. The Morgan fingerprint density at radius 3 is 0.792 bits per heavy atom. The first-order valence-corrected chi connectivity index (χ1v) is 7.57. The van der Waals surface area contributed by atoms with Crippen molar-refractivity contribution in [2.45, 2.75) is 65.2 Å². The highest BCUT2D eigenvalue weighted by Crippen LogP contribution is 2.15. The number of aliphatic carboxylic acids is 2. The van der Waals surface area contributed by atoms with E-state index in [2.05, 4.69) is 0 Å². The zero-order valence-corrected chi connectivity index (χ0v) is 15.1. The van der Waals surface area contributed by atoms with Gasteiger partial charge in [0.25, 0.3) is 0 Å². The quantitative estimate of drug-likeness (QED) is 0.558. The zero-order chi connectivity index (χ0) is 20.0. The molecule has 0 heterocycles. The van der Waals surface area contributed by atoms with E-state index in [4.69, 9.17) is 20.4 Å². The Morgan fingerprint density at radius 1 is 0.583 bits per heavy atom. The summed E-state index contributed by atoms with van der Waals surface area (Å²) in [4.78, 5) is 38.9. The highest BCUT2D eigenvalue weighted by Gasteiger charge is 1.98. The normalized spacial score (nSPS) is 11.2. The summed E-state index contributed by atoms with van der Waals surface area (Å²) in [6.07, 6.45) is 8.28. The molecule has 1 aliphatic carbocycles. The van der Waals surface area contributed by atoms with Crippen molar-refractivity contribution >= 4 is 23.5 Å². The Balaban J connectivity index is -0.000000113. The number of hydrogen-bond acceptors (Lipinski definition) is 6. The molecule has 8 heteroatoms. The van der Waals surface area contributed by atoms with Gasteiger partial charge in [0.15, 0.2) is 0 Å². The maximum absolute atomic E-state index is 9.87. The molecular formula is C16H32O8. The van der Waals surface area contributed by atoms with Gasteiger partial charge in [-0.1, -0.05) is 38.5 Å². The zero-order valence-electron chi connectivity index (χ0n) is 15.1. The lowest BCUT2D eigenvalue weighted by atomic mass is 10.0. The third-order valence-corrected chi connectivity index (χ3v) is 2.30. The number of carbonyl (C=O) groups is 4. The summed E-state index contributed by atoms with van der Waals surface area (Å²) in [6, 6.07) is 0. The Labute approximate surface area is 143 Å². The SMILES string of the molecule is C1CCCCC1.CC(=O)CC(=O)O.CC(=O)CC(=O)O.CO.CO. The summed E-state index contributed by atoms with van der Waals surface area (Å²) in [6.45, 7) is 2.49. The van der Waals surface area contributed by atoms with Crippen LogP contribution in [0.4, 0.5) is 0 Å². The van der Waals surface area contributed by atoms with Crippen molar-refractivity contribution < 1.29 is 39.6 Å². The molecule has 24 heavy (non-hydrogen) atoms. The van der Waals surface area contributed by atoms with Crippen LogP contribution in [-0.2, 0) is 19.2 Å². The van der Waals surface area contributed by atoms with Gasteiger partial charge in [-0.3, -0.25) is 19.2 Å². The van der Waals surface area contributed by atoms with Gasteiger partial charge in [-0.05, 0) is 13.8 Å². The molecule has 0 aromatic heterocycles. The van der Waals surface area contributed by atoms with Crippen LogP contribution in [0.5, 0.6) is 0 Å². The average molecular weight is 352 g/mol. The molecule has 0 radical (unpaired) electrons. The molecule has 144 valence electrons. The number of ketones is 2. The Morgan fingerprint density at radius 2 is 0.750 bits per heavy atom. The van der Waals surface area contributed by atoms with Crippen molar-refractivity contribution in [3.8, 4) is 0 Å². The average Bonchev–Trinajstić information content (AvgIpc) is 2.51. The number of Topliss-reactive ketones (excluding diaryl/α,β-unsaturated/α-hetero) is 2. The molecular weight excluding hydrogens is 320 g/mol. The molecule has 0 aromatic carbocycles. The number of aliphatic hydroxyl groups is 2. The molecule has 8 nitrogen and oxygen atoms in total. The van der Waals surface area contributed by atoms with E-state index >= 15 is 0 Å². The second-order valence-electron chi connectivity index (χ2n) is 4.67. The summed E-state index contributed by atoms with van der Waals surface area (Å²) in [7, 11) is 2.00. The van der Waals surface area contributed by atoms with E-state index in [-0.39, 0.29) is 24.4 Å². The maximum Gasteiger partial charge on any atom is 0.310 e. The monoisotopic (exact) mass is 352 g/mol. The van der Waals surface area contributed by atoms with Gasteiger partial charge in [-0.15, -0.1) is 0 Å². The summed E-state index contributed by atoms with van der Waals surface area (Å²) in [5, 5.41) is 29.7. The minimum Gasteiger partial charge on any atom is -0.481 e. The number of rotatable bonds is 4. The minimum atomic E-state index is -1.06. The molecule has 0 atom stereocenters. The lowest BCUT2D eigenvalue weighted by Gasteiger charge is -2.05. The van der Waals surface area contributed by atoms with E-state index in [1.807, 2.05) is 0 Å². The number of carboxylic acid groups (broad SMARTS) is 2. The van der Waals surface area contributed by atoms with Crippen molar-refractivity contribution in [1.29, 1.82) is 0 Å². The summed E-state index contributed by atoms with van der Waals surface area (Å²) in [5.41, 5.74) is 0.